The molecule has 0 saturated heterocycles. The molecule has 30 heavy (non-hydrogen) atoms. The molecular weight excluding hydrogens is 406 g/mol. The van der Waals surface area contributed by atoms with Gasteiger partial charge in [0, 0.05) is 22.2 Å². The predicted octanol–water partition coefficient (Wildman–Crippen LogP) is 3.26. The first-order valence-corrected chi connectivity index (χ1v) is 9.55. The third-order valence-electron chi connectivity index (χ3n) is 4.31. The first-order valence-electron chi connectivity index (χ1n) is 9.17. The summed E-state index contributed by atoms with van der Waals surface area (Å²) in [6.45, 7) is 0.584. The van der Waals surface area contributed by atoms with Crippen molar-refractivity contribution in [3.05, 3.63) is 71.2 Å². The molecule has 0 unspecified atom stereocenters. The molecule has 4 aromatic rings. The molecule has 0 fully saturated rings. The minimum Gasteiger partial charge on any atom is -0.497 e. The zero-order chi connectivity index (χ0) is 20.9. The number of carbonyl (C=O) groups is 1. The van der Waals surface area contributed by atoms with Gasteiger partial charge in [0.2, 0.25) is 5.88 Å². The van der Waals surface area contributed by atoms with Crippen LogP contribution in [0.2, 0.25) is 5.02 Å². The molecule has 0 aliphatic rings. The van der Waals surface area contributed by atoms with Gasteiger partial charge in [0.25, 0.3) is 5.91 Å². The van der Waals surface area contributed by atoms with Crippen LogP contribution in [0.15, 0.2) is 60.7 Å². The van der Waals surface area contributed by atoms with Gasteiger partial charge in [0.15, 0.2) is 11.5 Å². The lowest BCUT2D eigenvalue weighted by Gasteiger charge is -2.08. The number of aromatic nitrogens is 4. The minimum absolute atomic E-state index is 0.196. The smallest absolute Gasteiger partial charge is 0.251 e. The van der Waals surface area contributed by atoms with Gasteiger partial charge >= 0.3 is 0 Å². The highest BCUT2D eigenvalue weighted by Gasteiger charge is 2.11. The van der Waals surface area contributed by atoms with Crippen LogP contribution >= 0.6 is 11.6 Å². The van der Waals surface area contributed by atoms with Crippen LogP contribution in [0.25, 0.3) is 17.0 Å². The number of amides is 1. The number of methoxy groups -OCH3 is 1. The molecule has 0 radical (unpaired) electrons. The van der Waals surface area contributed by atoms with Crippen LogP contribution in [0.1, 0.15) is 10.4 Å². The quantitative estimate of drug-likeness (QED) is 0.459. The number of rotatable bonds is 7. The summed E-state index contributed by atoms with van der Waals surface area (Å²) in [4.78, 5) is 12.1. The van der Waals surface area contributed by atoms with Crippen LogP contribution in [0.3, 0.4) is 0 Å². The van der Waals surface area contributed by atoms with Crippen molar-refractivity contribution < 1.29 is 14.3 Å². The van der Waals surface area contributed by atoms with E-state index in [2.05, 4.69) is 20.6 Å². The van der Waals surface area contributed by atoms with Crippen molar-refractivity contribution in [3.8, 4) is 23.0 Å². The van der Waals surface area contributed by atoms with E-state index < -0.39 is 0 Å². The molecule has 0 atom stereocenters. The summed E-state index contributed by atoms with van der Waals surface area (Å²) in [7, 11) is 1.61. The molecule has 2 aromatic carbocycles. The molecule has 1 amide bonds. The normalized spacial score (nSPS) is 10.7. The molecule has 9 heteroatoms. The molecule has 0 spiro atoms. The first kappa shape index (κ1) is 19.7. The van der Waals surface area contributed by atoms with E-state index in [1.807, 2.05) is 24.3 Å². The van der Waals surface area contributed by atoms with Crippen molar-refractivity contribution in [2.75, 3.05) is 20.3 Å². The van der Waals surface area contributed by atoms with Gasteiger partial charge in [-0.25, -0.2) is 0 Å². The molecule has 0 aliphatic heterocycles. The van der Waals surface area contributed by atoms with E-state index in [-0.39, 0.29) is 12.5 Å². The Labute approximate surface area is 177 Å². The molecule has 0 aliphatic carbocycles. The van der Waals surface area contributed by atoms with Crippen molar-refractivity contribution in [1.29, 1.82) is 0 Å². The largest absolute Gasteiger partial charge is 0.497 e. The summed E-state index contributed by atoms with van der Waals surface area (Å²) in [6, 6.07) is 17.6. The van der Waals surface area contributed by atoms with E-state index in [1.54, 1.807) is 48.0 Å². The third-order valence-corrected chi connectivity index (χ3v) is 4.56. The number of hydrogen-bond donors (Lipinski definition) is 1. The van der Waals surface area contributed by atoms with Gasteiger partial charge in [-0.3, -0.25) is 4.79 Å². The summed E-state index contributed by atoms with van der Waals surface area (Å²) >= 11 is 5.83. The molecular formula is C21H18ClN5O3. The van der Waals surface area contributed by atoms with Gasteiger partial charge in [-0.1, -0.05) is 23.7 Å². The topological polar surface area (TPSA) is 90.6 Å². The number of halogens is 1. The maximum absolute atomic E-state index is 12.1. The Hall–Kier alpha value is -3.65. The molecule has 0 bridgehead atoms. The highest BCUT2D eigenvalue weighted by molar-refractivity contribution is 6.30. The number of hydrogen-bond acceptors (Lipinski definition) is 6. The summed E-state index contributed by atoms with van der Waals surface area (Å²) < 4.78 is 12.6. The SMILES string of the molecule is COc1cccc(-c2nnc3ccc(OCCNC(=O)c4ccc(Cl)cc4)nn23)c1. The fraction of sp³-hybridized carbons (Fsp3) is 0.143. The lowest BCUT2D eigenvalue weighted by molar-refractivity contribution is 0.0946. The van der Waals surface area contributed by atoms with E-state index in [1.165, 1.54) is 0 Å². The first-order chi connectivity index (χ1) is 14.6. The number of nitrogens with zero attached hydrogens (tertiary/aromatic N) is 4. The minimum atomic E-state index is -0.196. The molecule has 4 rings (SSSR count). The molecule has 152 valence electrons. The van der Waals surface area contributed by atoms with E-state index in [0.717, 1.165) is 5.56 Å². The zero-order valence-corrected chi connectivity index (χ0v) is 16.8. The summed E-state index contributed by atoms with van der Waals surface area (Å²) in [5, 5.41) is 16.2. The zero-order valence-electron chi connectivity index (χ0n) is 16.1. The van der Waals surface area contributed by atoms with E-state index in [4.69, 9.17) is 21.1 Å². The number of benzene rings is 2. The summed E-state index contributed by atoms with van der Waals surface area (Å²) in [5.41, 5.74) is 1.95. The molecule has 0 saturated carbocycles. The van der Waals surface area contributed by atoms with E-state index >= 15 is 0 Å². The number of carbonyl (C=O) groups excluding carboxylic acids is 1. The van der Waals surface area contributed by atoms with Gasteiger partial charge in [-0.05, 0) is 42.5 Å². The second-order valence-corrected chi connectivity index (χ2v) is 6.74. The lowest BCUT2D eigenvalue weighted by Crippen LogP contribution is -2.28. The van der Waals surface area contributed by atoms with Crippen LogP contribution in [-0.2, 0) is 0 Å². The van der Waals surface area contributed by atoms with E-state index in [9.17, 15) is 4.79 Å². The maximum Gasteiger partial charge on any atom is 0.251 e. The summed E-state index contributed by atoms with van der Waals surface area (Å²) in [5.74, 6) is 1.49. The molecule has 2 aromatic heterocycles. The Morgan fingerprint density at radius 3 is 2.73 bits per heavy atom. The van der Waals surface area contributed by atoms with Crippen LogP contribution < -0.4 is 14.8 Å². The Bertz CT molecular complexity index is 1180. The van der Waals surface area contributed by atoms with Crippen LogP contribution in [-0.4, -0.2) is 46.0 Å². The monoisotopic (exact) mass is 423 g/mol. The molecule has 8 nitrogen and oxygen atoms in total. The highest BCUT2D eigenvalue weighted by Crippen LogP contribution is 2.23. The Kier molecular flexibility index (Phi) is 5.76. The fourth-order valence-corrected chi connectivity index (χ4v) is 2.94. The van der Waals surface area contributed by atoms with Gasteiger partial charge < -0.3 is 14.8 Å². The fourth-order valence-electron chi connectivity index (χ4n) is 2.81. The Balaban J connectivity index is 1.41. The van der Waals surface area contributed by atoms with E-state index in [0.29, 0.717) is 40.2 Å². The Morgan fingerprint density at radius 1 is 1.10 bits per heavy atom. The second kappa shape index (κ2) is 8.79. The van der Waals surface area contributed by atoms with Crippen molar-refractivity contribution in [2.24, 2.45) is 0 Å². The van der Waals surface area contributed by atoms with Crippen molar-refractivity contribution in [1.82, 2.24) is 25.1 Å². The predicted molar refractivity (Wildman–Crippen MR) is 112 cm³/mol. The van der Waals surface area contributed by atoms with Crippen LogP contribution in [0.4, 0.5) is 0 Å². The highest BCUT2D eigenvalue weighted by atomic mass is 35.5. The Morgan fingerprint density at radius 2 is 1.93 bits per heavy atom. The molecule has 2 heterocycles. The van der Waals surface area contributed by atoms with Crippen LogP contribution in [0.5, 0.6) is 11.6 Å². The van der Waals surface area contributed by atoms with Crippen molar-refractivity contribution in [3.63, 3.8) is 0 Å². The number of fused-ring (bicyclic) bond motifs is 1. The van der Waals surface area contributed by atoms with Crippen molar-refractivity contribution in [2.45, 2.75) is 0 Å². The standard InChI is InChI=1S/C21H18ClN5O3/c1-29-17-4-2-3-15(13-17)20-25-24-18-9-10-19(26-27(18)20)30-12-11-23-21(28)14-5-7-16(22)8-6-14/h2-10,13H,11-12H2,1H3,(H,23,28). The maximum atomic E-state index is 12.1. The van der Waals surface area contributed by atoms with Gasteiger partial charge in [0.05, 0.1) is 13.7 Å². The van der Waals surface area contributed by atoms with Gasteiger partial charge in [0.1, 0.15) is 12.4 Å². The molecule has 1 N–H and O–H groups in total. The van der Waals surface area contributed by atoms with Crippen molar-refractivity contribution >= 4 is 23.2 Å². The summed E-state index contributed by atoms with van der Waals surface area (Å²) in [6.07, 6.45) is 0. The van der Waals surface area contributed by atoms with Crippen LogP contribution in [0, 0.1) is 0 Å². The second-order valence-electron chi connectivity index (χ2n) is 6.31. The third kappa shape index (κ3) is 4.33. The lowest BCUT2D eigenvalue weighted by atomic mass is 10.2. The average Bonchev–Trinajstić information content (AvgIpc) is 3.20. The number of ether oxygens (including phenoxy) is 2. The number of nitrogens with one attached hydrogen (secondary N) is 1. The van der Waals surface area contributed by atoms with Gasteiger partial charge in [-0.2, -0.15) is 4.52 Å². The average molecular weight is 424 g/mol. The van der Waals surface area contributed by atoms with Gasteiger partial charge in [-0.15, -0.1) is 15.3 Å².